The van der Waals surface area contributed by atoms with Crippen molar-refractivity contribution in [1.29, 1.82) is 0 Å². The Kier molecular flexibility index (Phi) is 8.60. The summed E-state index contributed by atoms with van der Waals surface area (Å²) in [4.78, 5) is 12.9. The van der Waals surface area contributed by atoms with Crippen LogP contribution in [0.2, 0.25) is 0 Å². The lowest BCUT2D eigenvalue weighted by molar-refractivity contribution is 0.0590. The van der Waals surface area contributed by atoms with Gasteiger partial charge in [-0.2, -0.15) is 0 Å². The first-order valence-corrected chi connectivity index (χ1v) is 13.2. The van der Waals surface area contributed by atoms with E-state index in [-0.39, 0.29) is 37.1 Å². The standard InChI is InChI=1S/C33H32O8/c1-36-23-11-8-22(9-12-23)27(25-14-15-29(37-2)30(33(35)38-3)32(25)40-19-17-34)20-41-28-16-18-39-31-24-7-5-4-6-21(24)10-13-26(28)31/h4-16,27,34H,17-20H2,1-3H3. The second kappa shape index (κ2) is 12.7. The van der Waals surface area contributed by atoms with Crippen LogP contribution in [0.3, 0.4) is 0 Å². The lowest BCUT2D eigenvalue weighted by Crippen LogP contribution is -2.17. The number of methoxy groups -OCH3 is 3. The molecule has 0 radical (unpaired) electrons. The van der Waals surface area contributed by atoms with Crippen LogP contribution in [0.1, 0.15) is 33.0 Å². The quantitative estimate of drug-likeness (QED) is 0.239. The largest absolute Gasteiger partial charge is 0.497 e. The highest BCUT2D eigenvalue weighted by Crippen LogP contribution is 2.42. The molecule has 4 aromatic rings. The van der Waals surface area contributed by atoms with Crippen LogP contribution >= 0.6 is 0 Å². The van der Waals surface area contributed by atoms with Crippen molar-refractivity contribution < 1.29 is 38.3 Å². The molecule has 8 heteroatoms. The molecule has 0 aliphatic carbocycles. The number of benzene rings is 4. The molecule has 5 rings (SSSR count). The number of rotatable bonds is 11. The molecule has 0 aromatic heterocycles. The van der Waals surface area contributed by atoms with Crippen molar-refractivity contribution in [3.8, 4) is 23.0 Å². The summed E-state index contributed by atoms with van der Waals surface area (Å²) >= 11 is 0. The van der Waals surface area contributed by atoms with E-state index in [0.717, 1.165) is 27.6 Å². The average Bonchev–Trinajstić information content (AvgIpc) is 3.03. The summed E-state index contributed by atoms with van der Waals surface area (Å²) in [6.45, 7) is 0.332. The smallest absolute Gasteiger partial charge is 0.345 e. The van der Waals surface area contributed by atoms with E-state index in [0.29, 0.717) is 29.4 Å². The molecule has 1 heterocycles. The van der Waals surface area contributed by atoms with Gasteiger partial charge >= 0.3 is 5.97 Å². The zero-order chi connectivity index (χ0) is 28.8. The zero-order valence-electron chi connectivity index (χ0n) is 23.2. The van der Waals surface area contributed by atoms with Crippen LogP contribution in [0.4, 0.5) is 0 Å². The summed E-state index contributed by atoms with van der Waals surface area (Å²) in [6, 6.07) is 23.3. The molecule has 1 N–H and O–H groups in total. The van der Waals surface area contributed by atoms with Gasteiger partial charge in [0.1, 0.15) is 47.5 Å². The van der Waals surface area contributed by atoms with Crippen molar-refractivity contribution in [3.05, 3.63) is 101 Å². The number of fused-ring (bicyclic) bond motifs is 3. The third-order valence-electron chi connectivity index (χ3n) is 7.04. The van der Waals surface area contributed by atoms with Gasteiger partial charge in [0.15, 0.2) is 0 Å². The molecule has 41 heavy (non-hydrogen) atoms. The molecule has 0 amide bonds. The molecule has 8 nitrogen and oxygen atoms in total. The molecular formula is C33H32O8. The van der Waals surface area contributed by atoms with Crippen LogP contribution in [0.15, 0.2) is 78.9 Å². The van der Waals surface area contributed by atoms with Crippen molar-refractivity contribution in [2.45, 2.75) is 5.92 Å². The van der Waals surface area contributed by atoms with Crippen molar-refractivity contribution in [3.63, 3.8) is 0 Å². The zero-order valence-corrected chi connectivity index (χ0v) is 23.2. The van der Waals surface area contributed by atoms with Crippen molar-refractivity contribution in [1.82, 2.24) is 0 Å². The number of aliphatic hydroxyl groups is 1. The predicted octanol–water partition coefficient (Wildman–Crippen LogP) is 5.60. The van der Waals surface area contributed by atoms with Gasteiger partial charge in [0.25, 0.3) is 0 Å². The van der Waals surface area contributed by atoms with Gasteiger partial charge in [-0.25, -0.2) is 4.79 Å². The van der Waals surface area contributed by atoms with E-state index < -0.39 is 5.97 Å². The topological polar surface area (TPSA) is 92.7 Å². The fourth-order valence-electron chi connectivity index (χ4n) is 5.04. The third kappa shape index (κ3) is 5.64. The monoisotopic (exact) mass is 556 g/mol. The van der Waals surface area contributed by atoms with Gasteiger partial charge in [-0.15, -0.1) is 0 Å². The van der Waals surface area contributed by atoms with Gasteiger partial charge in [0.2, 0.25) is 0 Å². The van der Waals surface area contributed by atoms with E-state index in [1.54, 1.807) is 13.2 Å². The lowest BCUT2D eigenvalue weighted by atomic mass is 9.89. The van der Waals surface area contributed by atoms with Crippen LogP contribution < -0.4 is 18.9 Å². The second-order valence-electron chi connectivity index (χ2n) is 9.30. The maximum Gasteiger partial charge on any atom is 0.345 e. The Balaban J connectivity index is 1.58. The maximum atomic E-state index is 12.9. The molecular weight excluding hydrogens is 524 g/mol. The molecule has 1 atom stereocenters. The fourth-order valence-corrected chi connectivity index (χ4v) is 5.04. The molecule has 0 bridgehead atoms. The first kappa shape index (κ1) is 27.9. The fraction of sp³-hybridized carbons (Fsp3) is 0.242. The van der Waals surface area contributed by atoms with Crippen molar-refractivity contribution in [2.24, 2.45) is 0 Å². The molecule has 212 valence electrons. The van der Waals surface area contributed by atoms with E-state index in [2.05, 4.69) is 0 Å². The highest BCUT2D eigenvalue weighted by Gasteiger charge is 2.29. The van der Waals surface area contributed by atoms with E-state index >= 15 is 0 Å². The molecule has 1 unspecified atom stereocenters. The Morgan fingerprint density at radius 1 is 0.927 bits per heavy atom. The van der Waals surface area contributed by atoms with E-state index in [9.17, 15) is 9.90 Å². The maximum absolute atomic E-state index is 12.9. The number of hydrogen-bond donors (Lipinski definition) is 1. The number of esters is 1. The Morgan fingerprint density at radius 3 is 2.46 bits per heavy atom. The summed E-state index contributed by atoms with van der Waals surface area (Å²) in [5.74, 6) is 1.78. The highest BCUT2D eigenvalue weighted by atomic mass is 16.5. The van der Waals surface area contributed by atoms with Gasteiger partial charge in [-0.05, 0) is 41.3 Å². The first-order chi connectivity index (χ1) is 20.1. The van der Waals surface area contributed by atoms with Crippen LogP contribution in [0.5, 0.6) is 23.0 Å². The minimum atomic E-state index is -0.612. The van der Waals surface area contributed by atoms with Crippen LogP contribution in [0.25, 0.3) is 16.5 Å². The Morgan fingerprint density at radius 2 is 1.73 bits per heavy atom. The van der Waals surface area contributed by atoms with Crippen LogP contribution in [-0.2, 0) is 9.47 Å². The van der Waals surface area contributed by atoms with Gasteiger partial charge < -0.3 is 33.5 Å². The normalized spacial score (nSPS) is 12.9. The summed E-state index contributed by atoms with van der Waals surface area (Å²) in [7, 11) is 4.38. The Bertz CT molecular complexity index is 1560. The summed E-state index contributed by atoms with van der Waals surface area (Å²) in [6.07, 6.45) is 1.92. The SMILES string of the molecule is COC(=O)c1c(OC)ccc(C(COC2=CCOc3c2ccc2ccccc32)c2ccc(OC)cc2)c1OCCO. The number of ether oxygens (including phenoxy) is 6. The second-order valence-corrected chi connectivity index (χ2v) is 9.30. The van der Waals surface area contributed by atoms with Gasteiger partial charge in [-0.1, -0.05) is 48.5 Å². The number of carbonyl (C=O) groups is 1. The number of hydrogen-bond acceptors (Lipinski definition) is 8. The van der Waals surface area contributed by atoms with Gasteiger partial charge in [-0.3, -0.25) is 0 Å². The minimum absolute atomic E-state index is 0.0245. The summed E-state index contributed by atoms with van der Waals surface area (Å²) in [5, 5.41) is 11.7. The lowest BCUT2D eigenvalue weighted by Gasteiger charge is -2.26. The van der Waals surface area contributed by atoms with Crippen molar-refractivity contribution in [2.75, 3.05) is 47.8 Å². The molecule has 0 saturated heterocycles. The summed E-state index contributed by atoms with van der Waals surface area (Å²) < 4.78 is 34.5. The van der Waals surface area contributed by atoms with E-state index in [1.807, 2.05) is 72.8 Å². The molecule has 0 fully saturated rings. The number of carbonyl (C=O) groups excluding carboxylic acids is 1. The number of aliphatic hydroxyl groups excluding tert-OH is 1. The molecule has 4 aromatic carbocycles. The Hall–Kier alpha value is -4.69. The highest BCUT2D eigenvalue weighted by molar-refractivity contribution is 5.96. The molecule has 0 spiro atoms. The molecule has 1 aliphatic rings. The summed E-state index contributed by atoms with van der Waals surface area (Å²) in [5.41, 5.74) is 2.59. The van der Waals surface area contributed by atoms with Gasteiger partial charge in [0.05, 0.1) is 40.1 Å². The first-order valence-electron chi connectivity index (χ1n) is 13.2. The molecule has 0 saturated carbocycles. The van der Waals surface area contributed by atoms with Gasteiger partial charge in [0, 0.05) is 16.9 Å². The van der Waals surface area contributed by atoms with E-state index in [1.165, 1.54) is 14.2 Å². The average molecular weight is 557 g/mol. The third-order valence-corrected chi connectivity index (χ3v) is 7.04. The molecule has 1 aliphatic heterocycles. The van der Waals surface area contributed by atoms with E-state index in [4.69, 9.17) is 28.4 Å². The van der Waals surface area contributed by atoms with Crippen LogP contribution in [-0.4, -0.2) is 58.8 Å². The predicted molar refractivity (Wildman–Crippen MR) is 155 cm³/mol. The van der Waals surface area contributed by atoms with Crippen LogP contribution in [0, 0.1) is 0 Å². The minimum Gasteiger partial charge on any atom is -0.497 e. The Labute approximate surface area is 238 Å². The van der Waals surface area contributed by atoms with Crippen molar-refractivity contribution >= 4 is 22.5 Å².